The lowest BCUT2D eigenvalue weighted by molar-refractivity contribution is -0.145. The first-order chi connectivity index (χ1) is 15.0. The highest BCUT2D eigenvalue weighted by Crippen LogP contribution is 2.36. The summed E-state index contributed by atoms with van der Waals surface area (Å²) in [7, 11) is 0. The molecule has 0 aromatic heterocycles. The van der Waals surface area contributed by atoms with Crippen LogP contribution in [0.1, 0.15) is 36.7 Å². The topological polar surface area (TPSA) is 95.5 Å². The van der Waals surface area contributed by atoms with Crippen LogP contribution in [0, 0.1) is 0 Å². The second-order valence-electron chi connectivity index (χ2n) is 6.01. The van der Waals surface area contributed by atoms with Crippen molar-refractivity contribution in [3.8, 4) is 17.2 Å². The van der Waals surface area contributed by atoms with E-state index in [2.05, 4.69) is 10.5 Å². The molecule has 0 atom stereocenters. The summed E-state index contributed by atoms with van der Waals surface area (Å²) in [6.07, 6.45) is 1.43. The fraction of sp³-hybridized carbons (Fsp3) is 0.318. The van der Waals surface area contributed by atoms with Crippen molar-refractivity contribution in [1.82, 2.24) is 5.43 Å². The highest BCUT2D eigenvalue weighted by Gasteiger charge is 2.14. The summed E-state index contributed by atoms with van der Waals surface area (Å²) in [5.74, 6) is 0.380. The summed E-state index contributed by atoms with van der Waals surface area (Å²) in [5, 5.41) is 4.19. The number of hydrazone groups is 1. The molecule has 0 spiro atoms. The number of halogens is 1. The fourth-order valence-electron chi connectivity index (χ4n) is 2.50. The number of hydrogen-bond donors (Lipinski definition) is 1. The first-order valence-electron chi connectivity index (χ1n) is 9.79. The van der Waals surface area contributed by atoms with Crippen molar-refractivity contribution in [3.63, 3.8) is 0 Å². The van der Waals surface area contributed by atoms with Gasteiger partial charge in [-0.3, -0.25) is 4.79 Å². The Balaban J connectivity index is 2.07. The number of benzene rings is 2. The van der Waals surface area contributed by atoms with Gasteiger partial charge in [-0.2, -0.15) is 5.10 Å². The Bertz CT molecular complexity index is 915. The van der Waals surface area contributed by atoms with E-state index < -0.39 is 5.97 Å². The lowest BCUT2D eigenvalue weighted by Gasteiger charge is -2.14. The molecule has 0 heterocycles. The van der Waals surface area contributed by atoms with Gasteiger partial charge in [0.25, 0.3) is 5.91 Å². The maximum absolute atomic E-state index is 12.2. The summed E-state index contributed by atoms with van der Waals surface area (Å²) in [6.45, 7) is 6.28. The Labute approximate surface area is 186 Å². The number of carbonyl (C=O) groups is 2. The molecule has 2 aromatic carbocycles. The van der Waals surface area contributed by atoms with Crippen LogP contribution < -0.4 is 19.6 Å². The van der Waals surface area contributed by atoms with Crippen molar-refractivity contribution in [2.75, 3.05) is 26.4 Å². The predicted molar refractivity (Wildman–Crippen MR) is 117 cm³/mol. The molecule has 0 bridgehead atoms. The van der Waals surface area contributed by atoms with Gasteiger partial charge < -0.3 is 18.9 Å². The van der Waals surface area contributed by atoms with Crippen LogP contribution in [0.25, 0.3) is 0 Å². The van der Waals surface area contributed by atoms with Crippen LogP contribution in [0.5, 0.6) is 17.2 Å². The third-order valence-corrected chi connectivity index (χ3v) is 4.06. The quantitative estimate of drug-likeness (QED) is 0.319. The number of rotatable bonds is 11. The largest absolute Gasteiger partial charge is 0.494 e. The maximum atomic E-state index is 12.2. The molecule has 0 aliphatic rings. The summed E-state index contributed by atoms with van der Waals surface area (Å²) < 4.78 is 21.2. The second kappa shape index (κ2) is 12.4. The van der Waals surface area contributed by atoms with Crippen molar-refractivity contribution in [3.05, 3.63) is 52.5 Å². The first-order valence-corrected chi connectivity index (χ1v) is 10.2. The predicted octanol–water partition coefficient (Wildman–Crippen LogP) is 3.84. The van der Waals surface area contributed by atoms with Crippen molar-refractivity contribution >= 4 is 29.7 Å². The number of carbonyl (C=O) groups excluding carboxylic acids is 2. The van der Waals surface area contributed by atoms with Crippen LogP contribution in [0.15, 0.2) is 41.5 Å². The van der Waals surface area contributed by atoms with Gasteiger partial charge in [-0.25, -0.2) is 10.2 Å². The normalized spacial score (nSPS) is 10.6. The minimum absolute atomic E-state index is 0.229. The third kappa shape index (κ3) is 7.49. The van der Waals surface area contributed by atoms with Crippen LogP contribution in [0.2, 0.25) is 5.02 Å². The van der Waals surface area contributed by atoms with Crippen molar-refractivity contribution in [2.45, 2.75) is 20.8 Å². The minimum Gasteiger partial charge on any atom is -0.494 e. The van der Waals surface area contributed by atoms with E-state index in [-0.39, 0.29) is 29.9 Å². The number of esters is 1. The van der Waals surface area contributed by atoms with Gasteiger partial charge in [-0.05, 0) is 62.7 Å². The maximum Gasteiger partial charge on any atom is 0.344 e. The number of nitrogens with one attached hydrogen (secondary N) is 1. The van der Waals surface area contributed by atoms with E-state index in [0.29, 0.717) is 35.8 Å². The van der Waals surface area contributed by atoms with Gasteiger partial charge in [0, 0.05) is 5.56 Å². The lowest BCUT2D eigenvalue weighted by Crippen LogP contribution is -2.17. The van der Waals surface area contributed by atoms with E-state index in [1.54, 1.807) is 50.2 Å². The zero-order valence-electron chi connectivity index (χ0n) is 17.6. The Morgan fingerprint density at radius 3 is 2.35 bits per heavy atom. The monoisotopic (exact) mass is 448 g/mol. The molecule has 1 N–H and O–H groups in total. The third-order valence-electron chi connectivity index (χ3n) is 3.78. The molecule has 1 amide bonds. The molecule has 9 heteroatoms. The van der Waals surface area contributed by atoms with Gasteiger partial charge in [-0.1, -0.05) is 11.6 Å². The van der Waals surface area contributed by atoms with E-state index in [1.807, 2.05) is 6.92 Å². The summed E-state index contributed by atoms with van der Waals surface area (Å²) >= 11 is 6.29. The fourth-order valence-corrected chi connectivity index (χ4v) is 2.77. The van der Waals surface area contributed by atoms with Crippen LogP contribution >= 0.6 is 11.6 Å². The zero-order chi connectivity index (χ0) is 22.6. The highest BCUT2D eigenvalue weighted by molar-refractivity contribution is 6.32. The molecular formula is C22H25ClN2O6. The molecule has 0 radical (unpaired) electrons. The Hall–Kier alpha value is -3.26. The van der Waals surface area contributed by atoms with Crippen LogP contribution in [0.3, 0.4) is 0 Å². The molecule has 8 nitrogen and oxygen atoms in total. The molecular weight excluding hydrogens is 424 g/mol. The van der Waals surface area contributed by atoms with Gasteiger partial charge >= 0.3 is 5.97 Å². The SMILES string of the molecule is CCOC(=O)COc1c(Cl)cc(/C=N\NC(=O)c2ccc(OCC)cc2)cc1OCC. The minimum atomic E-state index is -0.511. The summed E-state index contributed by atoms with van der Waals surface area (Å²) in [5.41, 5.74) is 3.47. The number of amides is 1. The Morgan fingerprint density at radius 2 is 1.71 bits per heavy atom. The Kier molecular flexibility index (Phi) is 9.64. The average Bonchev–Trinajstić information content (AvgIpc) is 2.74. The van der Waals surface area contributed by atoms with Crippen LogP contribution in [-0.2, 0) is 9.53 Å². The zero-order valence-corrected chi connectivity index (χ0v) is 18.4. The molecule has 0 aliphatic carbocycles. The van der Waals surface area contributed by atoms with E-state index in [0.717, 1.165) is 0 Å². The second-order valence-corrected chi connectivity index (χ2v) is 6.42. The van der Waals surface area contributed by atoms with E-state index in [1.165, 1.54) is 6.21 Å². The summed E-state index contributed by atoms with van der Waals surface area (Å²) in [4.78, 5) is 23.8. The van der Waals surface area contributed by atoms with Crippen LogP contribution in [-0.4, -0.2) is 44.5 Å². The number of hydrogen-bond acceptors (Lipinski definition) is 7. The summed E-state index contributed by atoms with van der Waals surface area (Å²) in [6, 6.07) is 9.95. The number of ether oxygens (including phenoxy) is 4. The molecule has 2 rings (SSSR count). The average molecular weight is 449 g/mol. The van der Waals surface area contributed by atoms with Gasteiger partial charge in [0.1, 0.15) is 5.75 Å². The highest BCUT2D eigenvalue weighted by atomic mass is 35.5. The Morgan fingerprint density at radius 1 is 1.00 bits per heavy atom. The van der Waals surface area contributed by atoms with Gasteiger partial charge in [0.05, 0.1) is 31.1 Å². The standard InChI is InChI=1S/C22H25ClN2O6/c1-4-28-17-9-7-16(8-10-17)22(27)25-24-13-15-11-18(23)21(19(12-15)29-5-2)31-14-20(26)30-6-3/h7-13H,4-6,14H2,1-3H3,(H,25,27)/b24-13-. The van der Waals surface area contributed by atoms with Gasteiger partial charge in [0.15, 0.2) is 18.1 Å². The van der Waals surface area contributed by atoms with Gasteiger partial charge in [0.2, 0.25) is 0 Å². The first kappa shape index (κ1) is 24.0. The lowest BCUT2D eigenvalue weighted by atomic mass is 10.2. The molecule has 0 saturated heterocycles. The molecule has 0 aliphatic heterocycles. The van der Waals surface area contributed by atoms with Crippen LogP contribution in [0.4, 0.5) is 0 Å². The van der Waals surface area contributed by atoms with Crippen molar-refractivity contribution in [1.29, 1.82) is 0 Å². The van der Waals surface area contributed by atoms with Gasteiger partial charge in [-0.15, -0.1) is 0 Å². The smallest absolute Gasteiger partial charge is 0.344 e. The van der Waals surface area contributed by atoms with E-state index in [9.17, 15) is 9.59 Å². The van der Waals surface area contributed by atoms with E-state index >= 15 is 0 Å². The molecule has 0 unspecified atom stereocenters. The molecule has 166 valence electrons. The van der Waals surface area contributed by atoms with Crippen molar-refractivity contribution < 1.29 is 28.5 Å². The van der Waals surface area contributed by atoms with Crippen molar-refractivity contribution in [2.24, 2.45) is 5.10 Å². The molecule has 0 fully saturated rings. The molecule has 31 heavy (non-hydrogen) atoms. The molecule has 2 aromatic rings. The van der Waals surface area contributed by atoms with E-state index in [4.69, 9.17) is 30.5 Å². The molecule has 0 saturated carbocycles. The number of nitrogens with zero attached hydrogens (tertiary/aromatic N) is 1.